The minimum atomic E-state index is -2.93. The molecular formula is C22H22F2N2O4. The van der Waals surface area contributed by atoms with E-state index in [-0.39, 0.29) is 24.1 Å². The van der Waals surface area contributed by atoms with E-state index in [4.69, 9.17) is 4.74 Å². The number of carbonyl (C=O) groups excluding carboxylic acids is 2. The molecule has 2 aromatic rings. The fourth-order valence-electron chi connectivity index (χ4n) is 3.81. The van der Waals surface area contributed by atoms with Crippen molar-refractivity contribution in [2.24, 2.45) is 0 Å². The van der Waals surface area contributed by atoms with Crippen LogP contribution in [0, 0.1) is 0 Å². The molecule has 0 spiro atoms. The third-order valence-electron chi connectivity index (χ3n) is 5.29. The largest absolute Gasteiger partial charge is 0.476 e. The monoisotopic (exact) mass is 416 g/mol. The van der Waals surface area contributed by atoms with Crippen LogP contribution in [-0.4, -0.2) is 49.1 Å². The summed E-state index contributed by atoms with van der Waals surface area (Å²) in [5.41, 5.74) is 0.871. The Labute approximate surface area is 173 Å². The van der Waals surface area contributed by atoms with Crippen molar-refractivity contribution in [3.05, 3.63) is 54.1 Å². The van der Waals surface area contributed by atoms with Gasteiger partial charge in [0.2, 0.25) is 0 Å². The van der Waals surface area contributed by atoms with E-state index in [9.17, 15) is 18.4 Å². The fraction of sp³-hybridized carbons (Fsp3) is 0.364. The number of alkyl halides is 2. The zero-order chi connectivity index (χ0) is 21.1. The number of para-hydroxylation sites is 2. The lowest BCUT2D eigenvalue weighted by molar-refractivity contribution is -0.139. The third-order valence-corrected chi connectivity index (χ3v) is 5.29. The molecule has 0 unspecified atom stereocenters. The SMILES string of the molecule is O=C([C@H]1CN(C(=O)c2ccc(OC(F)F)cc2)c2ccccc2O1)N1CCCCC1. The van der Waals surface area contributed by atoms with E-state index in [1.165, 1.54) is 29.2 Å². The van der Waals surface area contributed by atoms with Gasteiger partial charge in [-0.2, -0.15) is 8.78 Å². The van der Waals surface area contributed by atoms with Gasteiger partial charge in [-0.1, -0.05) is 12.1 Å². The highest BCUT2D eigenvalue weighted by Gasteiger charge is 2.36. The summed E-state index contributed by atoms with van der Waals surface area (Å²) in [5.74, 6) is -0.0272. The number of rotatable bonds is 4. The number of piperidine rings is 1. The van der Waals surface area contributed by atoms with Crippen molar-refractivity contribution in [2.45, 2.75) is 32.0 Å². The first-order chi connectivity index (χ1) is 14.5. The topological polar surface area (TPSA) is 59.1 Å². The number of benzene rings is 2. The summed E-state index contributed by atoms with van der Waals surface area (Å²) in [5, 5.41) is 0. The van der Waals surface area contributed by atoms with Gasteiger partial charge >= 0.3 is 6.61 Å². The molecule has 2 amide bonds. The van der Waals surface area contributed by atoms with Gasteiger partial charge in [0, 0.05) is 18.7 Å². The van der Waals surface area contributed by atoms with E-state index in [2.05, 4.69) is 4.74 Å². The van der Waals surface area contributed by atoms with Gasteiger partial charge in [-0.15, -0.1) is 0 Å². The van der Waals surface area contributed by atoms with Crippen molar-refractivity contribution in [1.29, 1.82) is 0 Å². The lowest BCUT2D eigenvalue weighted by atomic mass is 10.1. The van der Waals surface area contributed by atoms with Crippen molar-refractivity contribution in [3.63, 3.8) is 0 Å². The first-order valence-corrected chi connectivity index (χ1v) is 9.94. The van der Waals surface area contributed by atoms with Crippen LogP contribution in [0.3, 0.4) is 0 Å². The Kier molecular flexibility index (Phi) is 5.83. The molecule has 0 bridgehead atoms. The lowest BCUT2D eigenvalue weighted by Crippen LogP contribution is -2.52. The molecular weight excluding hydrogens is 394 g/mol. The van der Waals surface area contributed by atoms with E-state index < -0.39 is 12.7 Å². The van der Waals surface area contributed by atoms with Crippen molar-refractivity contribution < 1.29 is 27.8 Å². The van der Waals surface area contributed by atoms with Gasteiger partial charge in [0.25, 0.3) is 11.8 Å². The van der Waals surface area contributed by atoms with E-state index in [1.807, 2.05) is 0 Å². The predicted octanol–water partition coefficient (Wildman–Crippen LogP) is 3.71. The normalized spacial score (nSPS) is 18.6. The maximum Gasteiger partial charge on any atom is 0.387 e. The number of amides is 2. The lowest BCUT2D eigenvalue weighted by Gasteiger charge is -2.37. The molecule has 1 saturated heterocycles. The van der Waals surface area contributed by atoms with Crippen molar-refractivity contribution in [1.82, 2.24) is 4.90 Å². The molecule has 6 nitrogen and oxygen atoms in total. The number of hydrogen-bond acceptors (Lipinski definition) is 4. The van der Waals surface area contributed by atoms with Gasteiger partial charge < -0.3 is 19.3 Å². The first-order valence-electron chi connectivity index (χ1n) is 9.94. The summed E-state index contributed by atoms with van der Waals surface area (Å²) < 4.78 is 35.0. The van der Waals surface area contributed by atoms with E-state index in [0.717, 1.165) is 19.3 Å². The maximum atomic E-state index is 13.2. The zero-order valence-electron chi connectivity index (χ0n) is 16.3. The Morgan fingerprint density at radius 2 is 1.70 bits per heavy atom. The standard InChI is InChI=1S/C22H22F2N2O4/c23-22(24)29-16-10-8-15(9-11-16)20(27)26-14-19(21(28)25-12-4-1-5-13-25)30-18-7-3-2-6-17(18)26/h2-3,6-11,19,22H,1,4-5,12-14H2/t19-/m1/s1. The minimum Gasteiger partial charge on any atom is -0.476 e. The van der Waals surface area contributed by atoms with Gasteiger partial charge in [-0.05, 0) is 55.7 Å². The van der Waals surface area contributed by atoms with Gasteiger partial charge in [0.05, 0.1) is 12.2 Å². The molecule has 0 saturated carbocycles. The van der Waals surface area contributed by atoms with Crippen LogP contribution in [0.4, 0.5) is 14.5 Å². The molecule has 0 aromatic heterocycles. The molecule has 2 aliphatic heterocycles. The minimum absolute atomic E-state index is 0.0259. The summed E-state index contributed by atoms with van der Waals surface area (Å²) in [6.07, 6.45) is 2.24. The van der Waals surface area contributed by atoms with Crippen LogP contribution >= 0.6 is 0 Å². The molecule has 1 atom stereocenters. The van der Waals surface area contributed by atoms with Crippen LogP contribution in [0.1, 0.15) is 29.6 Å². The highest BCUT2D eigenvalue weighted by atomic mass is 19.3. The van der Waals surface area contributed by atoms with Crippen molar-refractivity contribution in [2.75, 3.05) is 24.5 Å². The number of fused-ring (bicyclic) bond motifs is 1. The van der Waals surface area contributed by atoms with Crippen LogP contribution in [0.25, 0.3) is 0 Å². The van der Waals surface area contributed by atoms with E-state index >= 15 is 0 Å². The number of hydrogen-bond donors (Lipinski definition) is 0. The second kappa shape index (κ2) is 8.69. The number of carbonyl (C=O) groups is 2. The molecule has 2 heterocycles. The summed E-state index contributed by atoms with van der Waals surface area (Å²) >= 11 is 0. The first kappa shape index (κ1) is 20.1. The molecule has 8 heteroatoms. The third kappa shape index (κ3) is 4.22. The van der Waals surface area contributed by atoms with Gasteiger partial charge in [-0.3, -0.25) is 9.59 Å². The summed E-state index contributed by atoms with van der Waals surface area (Å²) in [6, 6.07) is 12.6. The number of halogens is 2. The second-order valence-electron chi connectivity index (χ2n) is 7.28. The average Bonchev–Trinajstić information content (AvgIpc) is 2.78. The molecule has 0 N–H and O–H groups in total. The van der Waals surface area contributed by atoms with E-state index in [0.29, 0.717) is 30.1 Å². The Bertz CT molecular complexity index is 914. The highest BCUT2D eigenvalue weighted by Crippen LogP contribution is 2.35. The predicted molar refractivity (Wildman–Crippen MR) is 106 cm³/mol. The molecule has 1 fully saturated rings. The number of nitrogens with zero attached hydrogens (tertiary/aromatic N) is 2. The van der Waals surface area contributed by atoms with E-state index in [1.54, 1.807) is 29.2 Å². The Morgan fingerprint density at radius 1 is 1.00 bits per heavy atom. The van der Waals surface area contributed by atoms with Crippen LogP contribution in [0.15, 0.2) is 48.5 Å². The van der Waals surface area contributed by atoms with Gasteiger partial charge in [-0.25, -0.2) is 0 Å². The number of anilines is 1. The molecule has 4 rings (SSSR count). The van der Waals surface area contributed by atoms with Crippen LogP contribution in [0.2, 0.25) is 0 Å². The van der Waals surface area contributed by atoms with Crippen LogP contribution in [0.5, 0.6) is 11.5 Å². The Balaban J connectivity index is 1.57. The molecule has 30 heavy (non-hydrogen) atoms. The maximum absolute atomic E-state index is 13.2. The average molecular weight is 416 g/mol. The quantitative estimate of drug-likeness (QED) is 0.763. The molecule has 2 aliphatic rings. The molecule has 158 valence electrons. The fourth-order valence-corrected chi connectivity index (χ4v) is 3.81. The van der Waals surface area contributed by atoms with Crippen LogP contribution < -0.4 is 14.4 Å². The zero-order valence-corrected chi connectivity index (χ0v) is 16.3. The Hall–Kier alpha value is -3.16. The number of likely N-dealkylation sites (tertiary alicyclic amines) is 1. The molecule has 0 aliphatic carbocycles. The summed E-state index contributed by atoms with van der Waals surface area (Å²) in [4.78, 5) is 29.5. The smallest absolute Gasteiger partial charge is 0.387 e. The van der Waals surface area contributed by atoms with Gasteiger partial charge in [0.1, 0.15) is 11.5 Å². The Morgan fingerprint density at radius 3 is 2.40 bits per heavy atom. The second-order valence-corrected chi connectivity index (χ2v) is 7.28. The van der Waals surface area contributed by atoms with Crippen molar-refractivity contribution >= 4 is 17.5 Å². The molecule has 2 aromatic carbocycles. The number of ether oxygens (including phenoxy) is 2. The summed E-state index contributed by atoms with van der Waals surface area (Å²) in [7, 11) is 0. The van der Waals surface area contributed by atoms with Crippen molar-refractivity contribution in [3.8, 4) is 11.5 Å². The molecule has 0 radical (unpaired) electrons. The van der Waals surface area contributed by atoms with Gasteiger partial charge in [0.15, 0.2) is 6.10 Å². The van der Waals surface area contributed by atoms with Crippen LogP contribution in [-0.2, 0) is 4.79 Å². The highest BCUT2D eigenvalue weighted by molar-refractivity contribution is 6.08. The summed E-state index contributed by atoms with van der Waals surface area (Å²) in [6.45, 7) is -1.46.